The molecule has 1 saturated heterocycles. The molecule has 2 aliphatic rings. The summed E-state index contributed by atoms with van der Waals surface area (Å²) in [5.74, 6) is 1.10. The molecule has 4 rings (SSSR count). The smallest absolute Gasteiger partial charge is 0.251 e. The van der Waals surface area contributed by atoms with Crippen molar-refractivity contribution in [1.82, 2.24) is 4.90 Å². The number of hydrogen-bond donors (Lipinski definition) is 0. The Morgan fingerprint density at radius 2 is 1.66 bits per heavy atom. The van der Waals surface area contributed by atoms with E-state index in [0.717, 1.165) is 24.1 Å². The minimum absolute atomic E-state index is 0.00160. The molecule has 0 spiro atoms. The molecule has 0 radical (unpaired) electrons. The van der Waals surface area contributed by atoms with Gasteiger partial charge in [-0.1, -0.05) is 17.7 Å². The molecular weight excluding hydrogens is 368 g/mol. The van der Waals surface area contributed by atoms with E-state index in [-0.39, 0.29) is 24.3 Å². The van der Waals surface area contributed by atoms with Crippen molar-refractivity contribution >= 4 is 17.5 Å². The van der Waals surface area contributed by atoms with Crippen LogP contribution < -0.4 is 14.4 Å². The molecule has 29 heavy (non-hydrogen) atoms. The second-order valence-electron chi connectivity index (χ2n) is 7.69. The Morgan fingerprint density at radius 3 is 2.31 bits per heavy atom. The summed E-state index contributed by atoms with van der Waals surface area (Å²) in [6.07, 6.45) is 1.00. The fraction of sp³-hybridized carbons (Fsp3) is 0.391. The van der Waals surface area contributed by atoms with E-state index in [9.17, 15) is 9.59 Å². The topological polar surface area (TPSA) is 59.1 Å². The van der Waals surface area contributed by atoms with Crippen LogP contribution in [0, 0.1) is 6.92 Å². The van der Waals surface area contributed by atoms with Crippen LogP contribution in [0.25, 0.3) is 0 Å². The zero-order valence-corrected chi connectivity index (χ0v) is 17.3. The summed E-state index contributed by atoms with van der Waals surface area (Å²) < 4.78 is 10.9. The number of hydrogen-bond acceptors (Lipinski definition) is 5. The Hall–Kier alpha value is -2.86. The number of nitrogens with zero attached hydrogens (tertiary/aromatic N) is 2. The van der Waals surface area contributed by atoms with Gasteiger partial charge in [-0.25, -0.2) is 4.90 Å². The third-order valence-electron chi connectivity index (χ3n) is 6.05. The summed E-state index contributed by atoms with van der Waals surface area (Å²) >= 11 is 0. The van der Waals surface area contributed by atoms with Crippen LogP contribution in [0.5, 0.6) is 11.5 Å². The third kappa shape index (κ3) is 3.27. The van der Waals surface area contributed by atoms with Crippen molar-refractivity contribution in [2.75, 3.05) is 25.7 Å². The largest absolute Gasteiger partial charge is 0.493 e. The maximum atomic E-state index is 13.2. The lowest BCUT2D eigenvalue weighted by Gasteiger charge is -2.38. The van der Waals surface area contributed by atoms with Crippen LogP contribution in [0.15, 0.2) is 36.4 Å². The quantitative estimate of drug-likeness (QED) is 0.745. The summed E-state index contributed by atoms with van der Waals surface area (Å²) in [6.45, 7) is 4.78. The molecule has 0 bridgehead atoms. The van der Waals surface area contributed by atoms with Crippen LogP contribution in [0.1, 0.15) is 36.1 Å². The highest BCUT2D eigenvalue weighted by Crippen LogP contribution is 2.40. The second-order valence-corrected chi connectivity index (χ2v) is 7.69. The molecule has 1 fully saturated rings. The van der Waals surface area contributed by atoms with E-state index in [1.807, 2.05) is 43.3 Å². The van der Waals surface area contributed by atoms with Crippen molar-refractivity contribution in [1.29, 1.82) is 0 Å². The van der Waals surface area contributed by atoms with Gasteiger partial charge in [0.25, 0.3) is 5.91 Å². The molecule has 0 N–H and O–H groups in total. The maximum Gasteiger partial charge on any atom is 0.251 e. The van der Waals surface area contributed by atoms with Crippen molar-refractivity contribution in [3.05, 3.63) is 53.1 Å². The number of carbonyl (C=O) groups excluding carboxylic acids is 2. The number of benzene rings is 2. The average molecular weight is 394 g/mol. The van der Waals surface area contributed by atoms with Crippen molar-refractivity contribution in [2.45, 2.75) is 38.8 Å². The van der Waals surface area contributed by atoms with E-state index < -0.39 is 6.04 Å². The molecule has 2 aromatic rings. The van der Waals surface area contributed by atoms with Gasteiger partial charge in [0.05, 0.1) is 32.4 Å². The lowest BCUT2D eigenvalue weighted by molar-refractivity contribution is -0.123. The SMILES string of the molecule is COc1cc2c(cc1OC)[C@@H](C)N([C@@H]1CC(=O)N(c3ccc(C)cc3)C1=O)CC2. The predicted molar refractivity (Wildman–Crippen MR) is 110 cm³/mol. The molecule has 2 heterocycles. The number of rotatable bonds is 4. The fourth-order valence-electron chi connectivity index (χ4n) is 4.43. The number of imide groups is 1. The summed E-state index contributed by atoms with van der Waals surface area (Å²) in [6, 6.07) is 11.1. The first kappa shape index (κ1) is 19.5. The van der Waals surface area contributed by atoms with Crippen molar-refractivity contribution in [3.63, 3.8) is 0 Å². The first-order valence-corrected chi connectivity index (χ1v) is 9.88. The molecule has 2 amide bonds. The Labute approximate surface area is 171 Å². The Bertz CT molecular complexity index is 954. The van der Waals surface area contributed by atoms with E-state index >= 15 is 0 Å². The summed E-state index contributed by atoms with van der Waals surface area (Å²) in [7, 11) is 3.25. The third-order valence-corrected chi connectivity index (χ3v) is 6.05. The van der Waals surface area contributed by atoms with Gasteiger partial charge in [-0.05, 0) is 55.7 Å². The number of aryl methyl sites for hydroxylation is 1. The van der Waals surface area contributed by atoms with Crippen LogP contribution in [0.3, 0.4) is 0 Å². The Balaban J connectivity index is 1.62. The van der Waals surface area contributed by atoms with Crippen LogP contribution in [0.2, 0.25) is 0 Å². The fourth-order valence-corrected chi connectivity index (χ4v) is 4.43. The van der Waals surface area contributed by atoms with Crippen LogP contribution in [0.4, 0.5) is 5.69 Å². The monoisotopic (exact) mass is 394 g/mol. The second kappa shape index (κ2) is 7.52. The molecule has 0 unspecified atom stereocenters. The molecule has 0 saturated carbocycles. The van der Waals surface area contributed by atoms with E-state index in [1.165, 1.54) is 10.5 Å². The molecule has 152 valence electrons. The Morgan fingerprint density at radius 1 is 1.00 bits per heavy atom. The van der Waals surface area contributed by atoms with E-state index in [4.69, 9.17) is 9.47 Å². The van der Waals surface area contributed by atoms with E-state index in [0.29, 0.717) is 17.2 Å². The molecule has 6 heteroatoms. The lowest BCUT2D eigenvalue weighted by Crippen LogP contribution is -2.46. The van der Waals surface area contributed by atoms with Crippen molar-refractivity contribution in [2.24, 2.45) is 0 Å². The zero-order valence-electron chi connectivity index (χ0n) is 17.3. The lowest BCUT2D eigenvalue weighted by atomic mass is 9.91. The highest BCUT2D eigenvalue weighted by Gasteiger charge is 2.45. The first-order chi connectivity index (χ1) is 13.9. The number of amides is 2. The average Bonchev–Trinajstić information content (AvgIpc) is 3.02. The van der Waals surface area contributed by atoms with E-state index in [2.05, 4.69) is 11.8 Å². The van der Waals surface area contributed by atoms with Gasteiger partial charge in [0, 0.05) is 12.6 Å². The number of carbonyl (C=O) groups is 2. The summed E-state index contributed by atoms with van der Waals surface area (Å²) in [5, 5.41) is 0. The van der Waals surface area contributed by atoms with Gasteiger partial charge in [0.1, 0.15) is 0 Å². The van der Waals surface area contributed by atoms with Crippen molar-refractivity contribution < 1.29 is 19.1 Å². The number of fused-ring (bicyclic) bond motifs is 1. The molecule has 0 aromatic heterocycles. The van der Waals surface area contributed by atoms with Gasteiger partial charge >= 0.3 is 0 Å². The van der Waals surface area contributed by atoms with Crippen LogP contribution in [-0.4, -0.2) is 43.5 Å². The maximum absolute atomic E-state index is 13.2. The number of ether oxygens (including phenoxy) is 2. The highest BCUT2D eigenvalue weighted by molar-refractivity contribution is 6.22. The Kier molecular flexibility index (Phi) is 5.04. The molecule has 2 aliphatic heterocycles. The van der Waals surface area contributed by atoms with Gasteiger partial charge in [-0.15, -0.1) is 0 Å². The molecule has 0 aliphatic carbocycles. The summed E-state index contributed by atoms with van der Waals surface area (Å²) in [5.41, 5.74) is 4.04. The molecule has 6 nitrogen and oxygen atoms in total. The summed E-state index contributed by atoms with van der Waals surface area (Å²) in [4.78, 5) is 29.4. The first-order valence-electron chi connectivity index (χ1n) is 9.88. The van der Waals surface area contributed by atoms with Gasteiger partial charge in [-0.2, -0.15) is 0 Å². The van der Waals surface area contributed by atoms with Gasteiger partial charge in [0.15, 0.2) is 11.5 Å². The normalized spacial score (nSPS) is 22.0. The number of anilines is 1. The van der Waals surface area contributed by atoms with Gasteiger partial charge in [0.2, 0.25) is 5.91 Å². The zero-order chi connectivity index (χ0) is 20.7. The molecular formula is C23H26N2O4. The minimum atomic E-state index is -0.444. The molecule has 2 atom stereocenters. The molecule has 2 aromatic carbocycles. The van der Waals surface area contributed by atoms with Gasteiger partial charge in [-0.3, -0.25) is 14.5 Å². The van der Waals surface area contributed by atoms with Gasteiger partial charge < -0.3 is 9.47 Å². The van der Waals surface area contributed by atoms with Crippen LogP contribution in [-0.2, 0) is 16.0 Å². The van der Waals surface area contributed by atoms with E-state index in [1.54, 1.807) is 14.2 Å². The predicted octanol–water partition coefficient (Wildman–Crippen LogP) is 3.26. The van der Waals surface area contributed by atoms with Crippen LogP contribution >= 0.6 is 0 Å². The number of methoxy groups -OCH3 is 2. The van der Waals surface area contributed by atoms with Crippen molar-refractivity contribution in [3.8, 4) is 11.5 Å². The minimum Gasteiger partial charge on any atom is -0.493 e. The highest BCUT2D eigenvalue weighted by atomic mass is 16.5. The standard InChI is InChI=1S/C23H26N2O4/c1-14-5-7-17(8-6-14)25-22(26)13-19(23(25)27)24-10-9-16-11-20(28-3)21(29-4)12-18(16)15(24)2/h5-8,11-12,15,19H,9-10,13H2,1-4H3/t15-,19-/m1/s1.